The van der Waals surface area contributed by atoms with E-state index in [1.807, 2.05) is 0 Å². The van der Waals surface area contributed by atoms with Gasteiger partial charge in [0.05, 0.1) is 41.1 Å². The van der Waals surface area contributed by atoms with Crippen LogP contribution in [0.1, 0.15) is 38.5 Å². The third-order valence-electron chi connectivity index (χ3n) is 5.97. The quantitative estimate of drug-likeness (QED) is 0.195. The number of rotatable bonds is 10. The van der Waals surface area contributed by atoms with E-state index >= 15 is 0 Å². The summed E-state index contributed by atoms with van der Waals surface area (Å²) in [5.74, 6) is -0.903. The van der Waals surface area contributed by atoms with Gasteiger partial charge in [-0.2, -0.15) is 18.3 Å². The average molecular weight is 644 g/mol. The van der Waals surface area contributed by atoms with Crippen LogP contribution in [0, 0.1) is 0 Å². The Hall–Kier alpha value is -4.35. The fourth-order valence-corrected chi connectivity index (χ4v) is 5.42. The van der Waals surface area contributed by atoms with Crippen LogP contribution in [0.5, 0.6) is 11.5 Å². The van der Waals surface area contributed by atoms with Crippen LogP contribution in [0.25, 0.3) is 16.9 Å². The lowest BCUT2D eigenvalue weighted by Crippen LogP contribution is -2.46. The zero-order valence-electron chi connectivity index (χ0n) is 23.3. The number of hydrogen-bond donors (Lipinski definition) is 3. The SMILES string of the molecule is CCOc1cc(-c2cc(C(F)F)n3ncc(OC(=O)Nc4cccc(S(=O)(=O)NC(C)(C)CO)c4)c3n2)ccc1C(F)(F)F. The molecule has 4 rings (SSSR count). The van der Waals surface area contributed by atoms with E-state index in [4.69, 9.17) is 9.47 Å². The highest BCUT2D eigenvalue weighted by Gasteiger charge is 2.35. The first-order valence-corrected chi connectivity index (χ1v) is 14.3. The van der Waals surface area contributed by atoms with Crippen molar-refractivity contribution in [2.45, 2.75) is 43.8 Å². The lowest BCUT2D eigenvalue weighted by atomic mass is 10.1. The minimum absolute atomic E-state index is 0.00807. The molecule has 44 heavy (non-hydrogen) atoms. The van der Waals surface area contributed by atoms with E-state index in [0.717, 1.165) is 36.5 Å². The highest BCUT2D eigenvalue weighted by atomic mass is 32.2. The number of benzene rings is 2. The molecule has 0 radical (unpaired) electrons. The van der Waals surface area contributed by atoms with Gasteiger partial charge in [-0.15, -0.1) is 0 Å². The van der Waals surface area contributed by atoms with Gasteiger partial charge in [0.1, 0.15) is 11.4 Å². The number of hydrogen-bond acceptors (Lipinski definition) is 8. The summed E-state index contributed by atoms with van der Waals surface area (Å²) in [5, 5.41) is 15.5. The summed E-state index contributed by atoms with van der Waals surface area (Å²) in [6.07, 6.45) is -8.05. The van der Waals surface area contributed by atoms with E-state index in [0.29, 0.717) is 4.52 Å². The normalized spacial score (nSPS) is 12.5. The maximum absolute atomic E-state index is 14.0. The number of amides is 1. The molecule has 1 amide bonds. The van der Waals surface area contributed by atoms with Crippen LogP contribution >= 0.6 is 0 Å². The molecule has 11 nitrogen and oxygen atoms in total. The van der Waals surface area contributed by atoms with Gasteiger partial charge < -0.3 is 14.6 Å². The van der Waals surface area contributed by atoms with Crippen LogP contribution in [-0.2, 0) is 16.2 Å². The number of aliphatic hydroxyl groups excluding tert-OH is 1. The lowest BCUT2D eigenvalue weighted by molar-refractivity contribution is -0.138. The molecule has 0 fully saturated rings. The summed E-state index contributed by atoms with van der Waals surface area (Å²) in [7, 11) is -4.10. The molecule has 0 saturated heterocycles. The standard InChI is InChI=1S/C27H26F5N5O6S/c1-4-42-21-10-15(8-9-18(21)27(30,31)32)19-12-20(23(28)29)37-24(35-19)22(13-33-37)43-25(39)34-16-6-5-7-17(11-16)44(40,41)36-26(2,3)14-38/h5-13,23,36,38H,4,14H2,1-3H3,(H,34,39). The van der Waals surface area contributed by atoms with Gasteiger partial charge in [0, 0.05) is 11.3 Å². The van der Waals surface area contributed by atoms with Crippen LogP contribution in [0.15, 0.2) is 59.6 Å². The van der Waals surface area contributed by atoms with Crippen molar-refractivity contribution in [2.75, 3.05) is 18.5 Å². The van der Waals surface area contributed by atoms with Crippen LogP contribution < -0.4 is 19.5 Å². The number of aliphatic hydroxyl groups is 1. The fraction of sp³-hybridized carbons (Fsp3) is 0.296. The molecule has 0 atom stereocenters. The number of carbonyl (C=O) groups excluding carboxylic acids is 1. The average Bonchev–Trinajstić information content (AvgIpc) is 3.33. The van der Waals surface area contributed by atoms with E-state index in [1.165, 1.54) is 39.0 Å². The molecule has 2 aromatic heterocycles. The molecule has 0 spiro atoms. The molecule has 4 aromatic rings. The summed E-state index contributed by atoms with van der Waals surface area (Å²) >= 11 is 0. The Kier molecular flexibility index (Phi) is 9.13. The first-order chi connectivity index (χ1) is 20.5. The summed E-state index contributed by atoms with van der Waals surface area (Å²) in [4.78, 5) is 16.7. The van der Waals surface area contributed by atoms with Crippen molar-refractivity contribution >= 4 is 27.5 Å². The molecule has 2 heterocycles. The lowest BCUT2D eigenvalue weighted by Gasteiger charge is -2.23. The number of nitrogens with zero attached hydrogens (tertiary/aromatic N) is 3. The summed E-state index contributed by atoms with van der Waals surface area (Å²) < 4.78 is 107. The monoisotopic (exact) mass is 643 g/mol. The van der Waals surface area contributed by atoms with Crippen LogP contribution in [0.3, 0.4) is 0 Å². The molecule has 0 aliphatic rings. The Bertz CT molecular complexity index is 1790. The van der Waals surface area contributed by atoms with E-state index < -0.39 is 57.9 Å². The Balaban J connectivity index is 1.66. The number of nitrogens with one attached hydrogen (secondary N) is 2. The number of alkyl halides is 5. The first-order valence-electron chi connectivity index (χ1n) is 12.8. The van der Waals surface area contributed by atoms with Crippen LogP contribution in [0.2, 0.25) is 0 Å². The van der Waals surface area contributed by atoms with Gasteiger partial charge in [-0.05, 0) is 57.2 Å². The zero-order valence-corrected chi connectivity index (χ0v) is 24.1. The zero-order chi connectivity index (χ0) is 32.4. The number of anilines is 1. The van der Waals surface area contributed by atoms with Gasteiger partial charge in [0.2, 0.25) is 10.0 Å². The highest BCUT2D eigenvalue weighted by Crippen LogP contribution is 2.39. The number of sulfonamides is 1. The Morgan fingerprint density at radius 2 is 1.82 bits per heavy atom. The first kappa shape index (κ1) is 32.6. The number of carbonyl (C=O) groups is 1. The third kappa shape index (κ3) is 7.23. The van der Waals surface area contributed by atoms with E-state index in [9.17, 15) is 40.3 Å². The summed E-state index contributed by atoms with van der Waals surface area (Å²) in [6, 6.07) is 8.82. The van der Waals surface area contributed by atoms with Crippen molar-refractivity contribution in [3.63, 3.8) is 0 Å². The minimum atomic E-state index is -4.73. The van der Waals surface area contributed by atoms with E-state index in [2.05, 4.69) is 20.1 Å². The Morgan fingerprint density at radius 1 is 1.09 bits per heavy atom. The van der Waals surface area contributed by atoms with Crippen molar-refractivity contribution in [2.24, 2.45) is 0 Å². The van der Waals surface area contributed by atoms with Crippen molar-refractivity contribution in [3.05, 3.63) is 66.0 Å². The number of aromatic nitrogens is 3. The molecular weight excluding hydrogens is 617 g/mol. The van der Waals surface area contributed by atoms with Gasteiger partial charge in [-0.25, -0.2) is 36.2 Å². The third-order valence-corrected chi connectivity index (χ3v) is 7.67. The molecule has 2 aromatic carbocycles. The Morgan fingerprint density at radius 3 is 2.45 bits per heavy atom. The van der Waals surface area contributed by atoms with Gasteiger partial charge >= 0.3 is 12.3 Å². The molecule has 0 aliphatic carbocycles. The molecule has 3 N–H and O–H groups in total. The maximum Gasteiger partial charge on any atom is 0.419 e. The van der Waals surface area contributed by atoms with Crippen LogP contribution in [-0.4, -0.2) is 53.0 Å². The van der Waals surface area contributed by atoms with E-state index in [-0.39, 0.29) is 39.8 Å². The smallest absolute Gasteiger partial charge is 0.419 e. The topological polar surface area (TPSA) is 144 Å². The molecule has 0 saturated carbocycles. The molecule has 0 aliphatic heterocycles. The maximum atomic E-state index is 14.0. The predicted molar refractivity (Wildman–Crippen MR) is 147 cm³/mol. The van der Waals surface area contributed by atoms with Crippen molar-refractivity contribution < 1.29 is 49.7 Å². The summed E-state index contributed by atoms with van der Waals surface area (Å²) in [6.45, 7) is 3.84. The number of halogens is 5. The van der Waals surface area contributed by atoms with Gasteiger partial charge in [-0.3, -0.25) is 5.32 Å². The van der Waals surface area contributed by atoms with Gasteiger partial charge in [0.15, 0.2) is 11.4 Å². The van der Waals surface area contributed by atoms with E-state index in [1.54, 1.807) is 0 Å². The number of fused-ring (bicyclic) bond motifs is 1. The second-order valence-electron chi connectivity index (χ2n) is 9.94. The summed E-state index contributed by atoms with van der Waals surface area (Å²) in [5.41, 5.74) is -3.44. The molecule has 17 heteroatoms. The van der Waals surface area contributed by atoms with Crippen molar-refractivity contribution in [3.8, 4) is 22.8 Å². The second-order valence-corrected chi connectivity index (χ2v) is 11.6. The molecule has 0 unspecified atom stereocenters. The van der Waals surface area contributed by atoms with Crippen molar-refractivity contribution in [1.29, 1.82) is 0 Å². The van der Waals surface area contributed by atoms with Gasteiger partial charge in [-0.1, -0.05) is 12.1 Å². The van der Waals surface area contributed by atoms with Crippen molar-refractivity contribution in [1.82, 2.24) is 19.3 Å². The van der Waals surface area contributed by atoms with Crippen LogP contribution in [0.4, 0.5) is 32.4 Å². The second kappa shape index (κ2) is 12.3. The molecule has 0 bridgehead atoms. The minimum Gasteiger partial charge on any atom is -0.493 e. The largest absolute Gasteiger partial charge is 0.493 e. The highest BCUT2D eigenvalue weighted by molar-refractivity contribution is 7.89. The number of ether oxygens (including phenoxy) is 2. The Labute approximate surface area is 247 Å². The molecule has 236 valence electrons. The fourth-order valence-electron chi connectivity index (χ4n) is 3.97. The predicted octanol–water partition coefficient (Wildman–Crippen LogP) is 5.41. The molecular formula is C27H26F5N5O6S. The van der Waals surface area contributed by atoms with Gasteiger partial charge in [0.25, 0.3) is 6.43 Å².